The van der Waals surface area contributed by atoms with Crippen molar-refractivity contribution in [2.24, 2.45) is 5.92 Å². The van der Waals surface area contributed by atoms with E-state index in [1.807, 2.05) is 0 Å². The number of carbonyl (C=O) groups is 1. The third kappa shape index (κ3) is 7.32. The molecule has 2 heterocycles. The molecular formula is C26H36Cl2N2O. The van der Waals surface area contributed by atoms with E-state index in [0.29, 0.717) is 12.2 Å². The van der Waals surface area contributed by atoms with Crippen molar-refractivity contribution in [2.45, 2.75) is 45.1 Å². The first-order valence-electron chi connectivity index (χ1n) is 11.3. The Bertz CT molecular complexity index is 819. The quantitative estimate of drug-likeness (QED) is 0.534. The summed E-state index contributed by atoms with van der Waals surface area (Å²) in [7, 11) is 2.19. The Hall–Kier alpha value is -1.39. The average Bonchev–Trinajstić information content (AvgIpc) is 2.96. The summed E-state index contributed by atoms with van der Waals surface area (Å²) in [6, 6.07) is 17.2. The topological polar surface area (TPSA) is 23.6 Å². The number of benzene rings is 2. The van der Waals surface area contributed by atoms with E-state index < -0.39 is 0 Å². The SMILES string of the molecule is CN1CCC(CCC(=O)c2ccc3c(c2)CCN(Cc2ccccc2)CC3)CC1.Cl.Cl. The normalized spacial score (nSPS) is 17.7. The van der Waals surface area contributed by atoms with E-state index in [1.165, 1.54) is 42.6 Å². The smallest absolute Gasteiger partial charge is 0.162 e. The highest BCUT2D eigenvalue weighted by atomic mass is 35.5. The molecule has 2 aromatic carbocycles. The molecule has 5 heteroatoms. The molecule has 2 aliphatic heterocycles. The monoisotopic (exact) mass is 462 g/mol. The van der Waals surface area contributed by atoms with E-state index in [0.717, 1.165) is 50.4 Å². The van der Waals surface area contributed by atoms with Crippen molar-refractivity contribution in [1.29, 1.82) is 0 Å². The third-order valence-electron chi connectivity index (χ3n) is 6.79. The standard InChI is InChI=1S/C26H34N2O.2ClH/c1-27-15-11-21(12-16-27)7-10-26(29)25-9-8-23-13-17-28(18-14-24(23)19-25)20-22-5-3-2-4-6-22;;/h2-6,8-9,19,21H,7,10-18,20H2,1H3;2*1H. The molecule has 0 N–H and O–H groups in total. The highest BCUT2D eigenvalue weighted by molar-refractivity contribution is 5.96. The van der Waals surface area contributed by atoms with Crippen LogP contribution in [0.5, 0.6) is 0 Å². The van der Waals surface area contributed by atoms with Crippen LogP contribution in [0.25, 0.3) is 0 Å². The lowest BCUT2D eigenvalue weighted by Crippen LogP contribution is -2.30. The molecule has 0 radical (unpaired) electrons. The first-order valence-corrected chi connectivity index (χ1v) is 11.3. The summed E-state index contributed by atoms with van der Waals surface area (Å²) in [4.78, 5) is 17.7. The first-order chi connectivity index (χ1) is 14.2. The molecule has 0 saturated carbocycles. The highest BCUT2D eigenvalue weighted by Crippen LogP contribution is 2.24. The van der Waals surface area contributed by atoms with Crippen molar-refractivity contribution < 1.29 is 4.79 Å². The minimum Gasteiger partial charge on any atom is -0.306 e. The van der Waals surface area contributed by atoms with E-state index in [9.17, 15) is 4.79 Å². The molecule has 2 aliphatic rings. The molecule has 0 unspecified atom stereocenters. The van der Waals surface area contributed by atoms with Crippen molar-refractivity contribution in [2.75, 3.05) is 33.2 Å². The van der Waals surface area contributed by atoms with Gasteiger partial charge in [0, 0.05) is 31.6 Å². The summed E-state index contributed by atoms with van der Waals surface area (Å²) in [5.41, 5.74) is 5.11. The predicted molar refractivity (Wildman–Crippen MR) is 134 cm³/mol. The van der Waals surface area contributed by atoms with Gasteiger partial charge in [-0.15, -0.1) is 24.8 Å². The van der Waals surface area contributed by atoms with Gasteiger partial charge in [0.05, 0.1) is 0 Å². The molecule has 0 amide bonds. The van der Waals surface area contributed by atoms with Crippen molar-refractivity contribution >= 4 is 30.6 Å². The molecule has 0 atom stereocenters. The summed E-state index contributed by atoms with van der Waals surface area (Å²) in [5, 5.41) is 0. The fraction of sp³-hybridized carbons (Fsp3) is 0.500. The summed E-state index contributed by atoms with van der Waals surface area (Å²) < 4.78 is 0. The van der Waals surface area contributed by atoms with Gasteiger partial charge in [0.2, 0.25) is 0 Å². The Balaban J connectivity index is 0.00000171. The number of Topliss-reactive ketones (excluding diaryl/α,β-unsaturated/α-hetero) is 1. The van der Waals surface area contributed by atoms with Crippen LogP contribution in [0.4, 0.5) is 0 Å². The first kappa shape index (κ1) is 25.9. The minimum atomic E-state index is 0. The second-order valence-electron chi connectivity index (χ2n) is 8.95. The van der Waals surface area contributed by atoms with Gasteiger partial charge in [-0.2, -0.15) is 0 Å². The number of carbonyl (C=O) groups excluding carboxylic acids is 1. The molecule has 1 saturated heterocycles. The molecule has 0 spiro atoms. The van der Waals surface area contributed by atoms with E-state index in [1.54, 1.807) is 0 Å². The van der Waals surface area contributed by atoms with Crippen LogP contribution < -0.4 is 0 Å². The molecule has 31 heavy (non-hydrogen) atoms. The number of rotatable bonds is 6. The molecule has 4 rings (SSSR count). The van der Waals surface area contributed by atoms with Gasteiger partial charge < -0.3 is 4.90 Å². The van der Waals surface area contributed by atoms with Crippen molar-refractivity contribution in [3.05, 3.63) is 70.8 Å². The van der Waals surface area contributed by atoms with Crippen molar-refractivity contribution in [1.82, 2.24) is 9.80 Å². The van der Waals surface area contributed by atoms with Crippen LogP contribution in [0.2, 0.25) is 0 Å². The van der Waals surface area contributed by atoms with Crippen LogP contribution >= 0.6 is 24.8 Å². The number of fused-ring (bicyclic) bond motifs is 1. The highest BCUT2D eigenvalue weighted by Gasteiger charge is 2.19. The molecular weight excluding hydrogens is 427 g/mol. The van der Waals surface area contributed by atoms with E-state index in [4.69, 9.17) is 0 Å². The fourth-order valence-electron chi connectivity index (χ4n) is 4.77. The number of nitrogens with zero attached hydrogens (tertiary/aromatic N) is 2. The van der Waals surface area contributed by atoms with Crippen molar-refractivity contribution in [3.8, 4) is 0 Å². The molecule has 0 bridgehead atoms. The lowest BCUT2D eigenvalue weighted by Gasteiger charge is -2.28. The van der Waals surface area contributed by atoms with Gasteiger partial charge in [0.1, 0.15) is 0 Å². The second kappa shape index (κ2) is 12.6. The maximum atomic E-state index is 12.8. The van der Waals surface area contributed by atoms with Gasteiger partial charge in [0.15, 0.2) is 5.78 Å². The van der Waals surface area contributed by atoms with Gasteiger partial charge in [-0.1, -0.05) is 42.5 Å². The molecule has 0 aromatic heterocycles. The number of piperidine rings is 1. The van der Waals surface area contributed by atoms with Crippen LogP contribution in [0.3, 0.4) is 0 Å². The van der Waals surface area contributed by atoms with Gasteiger partial charge in [-0.25, -0.2) is 0 Å². The summed E-state index contributed by atoms with van der Waals surface area (Å²) in [6.07, 6.45) is 6.35. The maximum absolute atomic E-state index is 12.8. The number of ketones is 1. The van der Waals surface area contributed by atoms with Crippen LogP contribution in [0, 0.1) is 5.92 Å². The number of halogens is 2. The van der Waals surface area contributed by atoms with E-state index in [-0.39, 0.29) is 24.8 Å². The molecule has 0 aliphatic carbocycles. The predicted octanol–water partition coefficient (Wildman–Crippen LogP) is 5.44. The van der Waals surface area contributed by atoms with E-state index in [2.05, 4.69) is 65.4 Å². The van der Waals surface area contributed by atoms with Crippen molar-refractivity contribution in [3.63, 3.8) is 0 Å². The molecule has 1 fully saturated rings. The summed E-state index contributed by atoms with van der Waals surface area (Å²) >= 11 is 0. The number of hydrogen-bond donors (Lipinski definition) is 0. The fourth-order valence-corrected chi connectivity index (χ4v) is 4.77. The lowest BCUT2D eigenvalue weighted by atomic mass is 9.90. The molecule has 170 valence electrons. The van der Waals surface area contributed by atoms with Gasteiger partial charge >= 0.3 is 0 Å². The zero-order valence-corrected chi connectivity index (χ0v) is 20.2. The maximum Gasteiger partial charge on any atom is 0.162 e. The zero-order valence-electron chi connectivity index (χ0n) is 18.6. The van der Waals surface area contributed by atoms with Crippen LogP contribution in [0.1, 0.15) is 52.7 Å². The largest absolute Gasteiger partial charge is 0.306 e. The Morgan fingerprint density at radius 3 is 2.29 bits per heavy atom. The Kier molecular flexibility index (Phi) is 10.5. The van der Waals surface area contributed by atoms with Gasteiger partial charge in [0.25, 0.3) is 0 Å². The van der Waals surface area contributed by atoms with Gasteiger partial charge in [-0.05, 0) is 80.9 Å². The Labute approximate surface area is 200 Å². The Morgan fingerprint density at radius 2 is 1.58 bits per heavy atom. The van der Waals surface area contributed by atoms with Gasteiger partial charge in [-0.3, -0.25) is 9.69 Å². The van der Waals surface area contributed by atoms with Crippen LogP contribution in [-0.4, -0.2) is 48.8 Å². The number of hydrogen-bond acceptors (Lipinski definition) is 3. The number of likely N-dealkylation sites (tertiary alicyclic amines) is 1. The average molecular weight is 463 g/mol. The minimum absolute atomic E-state index is 0. The van der Waals surface area contributed by atoms with Crippen LogP contribution in [0.15, 0.2) is 48.5 Å². The van der Waals surface area contributed by atoms with Crippen LogP contribution in [-0.2, 0) is 19.4 Å². The Morgan fingerprint density at radius 1 is 0.903 bits per heavy atom. The zero-order chi connectivity index (χ0) is 20.1. The molecule has 2 aromatic rings. The second-order valence-corrected chi connectivity index (χ2v) is 8.95. The third-order valence-corrected chi connectivity index (χ3v) is 6.79. The lowest BCUT2D eigenvalue weighted by molar-refractivity contribution is 0.0965. The van der Waals surface area contributed by atoms with E-state index >= 15 is 0 Å². The molecule has 3 nitrogen and oxygen atoms in total. The summed E-state index contributed by atoms with van der Waals surface area (Å²) in [5.74, 6) is 1.06. The summed E-state index contributed by atoms with van der Waals surface area (Å²) in [6.45, 7) is 5.52.